The van der Waals surface area contributed by atoms with Crippen LogP contribution in [0.4, 0.5) is 5.69 Å². The first-order valence-corrected chi connectivity index (χ1v) is 8.03. The molecule has 5 nitrogen and oxygen atoms in total. The van der Waals surface area contributed by atoms with Gasteiger partial charge >= 0.3 is 0 Å². The van der Waals surface area contributed by atoms with Crippen LogP contribution in [0.5, 0.6) is 5.75 Å². The van der Waals surface area contributed by atoms with E-state index in [2.05, 4.69) is 19.2 Å². The van der Waals surface area contributed by atoms with Crippen LogP contribution in [-0.2, 0) is 9.59 Å². The highest BCUT2D eigenvalue weighted by molar-refractivity contribution is 6.31. The van der Waals surface area contributed by atoms with Gasteiger partial charge in [0.25, 0.3) is 0 Å². The molecule has 0 aliphatic rings. The SMILES string of the molecule is COc1cc(Cl)c(C)cc1N(CC(=O)NCCC(C)C)C(C)=O. The molecule has 2 amide bonds. The molecular formula is C17H25ClN2O3. The molecule has 1 N–H and O–H groups in total. The Morgan fingerprint density at radius 1 is 1.35 bits per heavy atom. The van der Waals surface area contributed by atoms with Crippen molar-refractivity contribution in [1.82, 2.24) is 5.32 Å². The summed E-state index contributed by atoms with van der Waals surface area (Å²) in [5.41, 5.74) is 1.36. The van der Waals surface area contributed by atoms with E-state index >= 15 is 0 Å². The maximum Gasteiger partial charge on any atom is 0.240 e. The summed E-state index contributed by atoms with van der Waals surface area (Å²) >= 11 is 6.09. The molecule has 0 saturated carbocycles. The van der Waals surface area contributed by atoms with Crippen molar-refractivity contribution in [2.45, 2.75) is 34.1 Å². The standard InChI is InChI=1S/C17H25ClN2O3/c1-11(2)6-7-19-17(22)10-20(13(4)21)15-8-12(3)14(18)9-16(15)23-5/h8-9,11H,6-7,10H2,1-5H3,(H,19,22). The minimum Gasteiger partial charge on any atom is -0.495 e. The van der Waals surface area contributed by atoms with Crippen LogP contribution >= 0.6 is 11.6 Å². The van der Waals surface area contributed by atoms with Crippen molar-refractivity contribution in [1.29, 1.82) is 0 Å². The van der Waals surface area contributed by atoms with Gasteiger partial charge in [-0.2, -0.15) is 0 Å². The summed E-state index contributed by atoms with van der Waals surface area (Å²) in [5, 5.41) is 3.38. The first-order chi connectivity index (χ1) is 10.8. The second-order valence-electron chi connectivity index (χ2n) is 5.91. The Balaban J connectivity index is 2.93. The third kappa shape index (κ3) is 5.75. The predicted molar refractivity (Wildman–Crippen MR) is 93.2 cm³/mol. The molecular weight excluding hydrogens is 316 g/mol. The Bertz CT molecular complexity index is 573. The fourth-order valence-corrected chi connectivity index (χ4v) is 2.24. The Morgan fingerprint density at radius 3 is 2.52 bits per heavy atom. The van der Waals surface area contributed by atoms with Gasteiger partial charge in [-0.1, -0.05) is 25.4 Å². The second-order valence-corrected chi connectivity index (χ2v) is 6.32. The number of hydrogen-bond acceptors (Lipinski definition) is 3. The maximum absolute atomic E-state index is 12.1. The molecule has 0 aromatic heterocycles. The third-order valence-electron chi connectivity index (χ3n) is 3.48. The Kier molecular flexibility index (Phi) is 7.36. The van der Waals surface area contributed by atoms with Gasteiger partial charge in [-0.3, -0.25) is 14.5 Å². The van der Waals surface area contributed by atoms with Gasteiger partial charge in [-0.05, 0) is 30.9 Å². The summed E-state index contributed by atoms with van der Waals surface area (Å²) < 4.78 is 5.30. The molecule has 128 valence electrons. The van der Waals surface area contributed by atoms with Crippen LogP contribution in [0, 0.1) is 12.8 Å². The van der Waals surface area contributed by atoms with Crippen molar-refractivity contribution >= 4 is 29.1 Å². The van der Waals surface area contributed by atoms with Crippen molar-refractivity contribution < 1.29 is 14.3 Å². The number of ether oxygens (including phenoxy) is 1. The van der Waals surface area contributed by atoms with Crippen LogP contribution in [0.2, 0.25) is 5.02 Å². The number of carbonyl (C=O) groups excluding carboxylic acids is 2. The summed E-state index contributed by atoms with van der Waals surface area (Å²) in [6.07, 6.45) is 0.898. The molecule has 0 heterocycles. The van der Waals surface area contributed by atoms with E-state index in [0.717, 1.165) is 12.0 Å². The van der Waals surface area contributed by atoms with Crippen molar-refractivity contribution in [3.05, 3.63) is 22.7 Å². The Morgan fingerprint density at radius 2 is 2.00 bits per heavy atom. The topological polar surface area (TPSA) is 58.6 Å². The monoisotopic (exact) mass is 340 g/mol. The van der Waals surface area contributed by atoms with E-state index in [1.54, 1.807) is 12.1 Å². The molecule has 0 unspecified atom stereocenters. The van der Waals surface area contributed by atoms with Crippen molar-refractivity contribution in [3.63, 3.8) is 0 Å². The van der Waals surface area contributed by atoms with Crippen LogP contribution in [0.3, 0.4) is 0 Å². The van der Waals surface area contributed by atoms with Crippen molar-refractivity contribution in [3.8, 4) is 5.75 Å². The smallest absolute Gasteiger partial charge is 0.240 e. The van der Waals surface area contributed by atoms with Crippen LogP contribution in [0.15, 0.2) is 12.1 Å². The van der Waals surface area contributed by atoms with E-state index < -0.39 is 0 Å². The molecule has 0 fully saturated rings. The zero-order valence-corrected chi connectivity index (χ0v) is 15.2. The van der Waals surface area contributed by atoms with Gasteiger partial charge in [0.05, 0.1) is 12.8 Å². The maximum atomic E-state index is 12.1. The number of halogens is 1. The quantitative estimate of drug-likeness (QED) is 0.829. The molecule has 0 atom stereocenters. The van der Waals surface area contributed by atoms with Crippen LogP contribution in [-0.4, -0.2) is 32.0 Å². The van der Waals surface area contributed by atoms with Crippen LogP contribution in [0.1, 0.15) is 32.8 Å². The molecule has 1 rings (SSSR count). The van der Waals surface area contributed by atoms with Gasteiger partial charge in [0.2, 0.25) is 11.8 Å². The van der Waals surface area contributed by atoms with E-state index in [9.17, 15) is 9.59 Å². The van der Waals surface area contributed by atoms with Gasteiger partial charge < -0.3 is 10.1 Å². The number of rotatable bonds is 7. The Hall–Kier alpha value is -1.75. The minimum absolute atomic E-state index is 0.0507. The van der Waals surface area contributed by atoms with Gasteiger partial charge in [0, 0.05) is 24.6 Å². The summed E-state index contributed by atoms with van der Waals surface area (Å²) in [7, 11) is 1.51. The van der Waals surface area contributed by atoms with Gasteiger partial charge in [-0.15, -0.1) is 0 Å². The number of nitrogens with one attached hydrogen (secondary N) is 1. The highest BCUT2D eigenvalue weighted by Crippen LogP contribution is 2.33. The molecule has 0 aliphatic carbocycles. The second kappa shape index (κ2) is 8.77. The molecule has 1 aromatic rings. The molecule has 0 radical (unpaired) electrons. The number of benzene rings is 1. The molecule has 6 heteroatoms. The lowest BCUT2D eigenvalue weighted by Gasteiger charge is -2.23. The molecule has 0 saturated heterocycles. The molecule has 0 spiro atoms. The highest BCUT2D eigenvalue weighted by Gasteiger charge is 2.20. The Labute approximate surface area is 142 Å². The van der Waals surface area contributed by atoms with E-state index in [-0.39, 0.29) is 18.4 Å². The third-order valence-corrected chi connectivity index (χ3v) is 3.88. The minimum atomic E-state index is -0.232. The van der Waals surface area contributed by atoms with Crippen LogP contribution in [0.25, 0.3) is 0 Å². The zero-order chi connectivity index (χ0) is 17.6. The summed E-state index contributed by atoms with van der Waals surface area (Å²) in [5.74, 6) is 0.545. The number of anilines is 1. The largest absolute Gasteiger partial charge is 0.495 e. The van der Waals surface area contributed by atoms with Gasteiger partial charge in [0.1, 0.15) is 12.3 Å². The number of amides is 2. The molecule has 1 aromatic carbocycles. The van der Waals surface area contributed by atoms with E-state index in [1.807, 2.05) is 6.92 Å². The predicted octanol–water partition coefficient (Wildman–Crippen LogP) is 3.17. The number of aryl methyl sites for hydroxylation is 1. The molecule has 0 bridgehead atoms. The zero-order valence-electron chi connectivity index (χ0n) is 14.4. The van der Waals surface area contributed by atoms with Gasteiger partial charge in [0.15, 0.2) is 0 Å². The summed E-state index contributed by atoms with van der Waals surface area (Å²) in [4.78, 5) is 25.5. The number of hydrogen-bond donors (Lipinski definition) is 1. The normalized spacial score (nSPS) is 10.6. The number of carbonyl (C=O) groups is 2. The summed E-state index contributed by atoms with van der Waals surface area (Å²) in [6, 6.07) is 3.41. The highest BCUT2D eigenvalue weighted by atomic mass is 35.5. The lowest BCUT2D eigenvalue weighted by atomic mass is 10.1. The van der Waals surface area contributed by atoms with Gasteiger partial charge in [-0.25, -0.2) is 0 Å². The van der Waals surface area contributed by atoms with E-state index in [0.29, 0.717) is 28.9 Å². The number of nitrogens with zero attached hydrogens (tertiary/aromatic N) is 1. The fraction of sp³-hybridized carbons (Fsp3) is 0.529. The first kappa shape index (κ1) is 19.3. The summed E-state index contributed by atoms with van der Waals surface area (Å²) in [6.45, 7) is 7.99. The molecule has 0 aliphatic heterocycles. The number of methoxy groups -OCH3 is 1. The van der Waals surface area contributed by atoms with E-state index in [4.69, 9.17) is 16.3 Å². The lowest BCUT2D eigenvalue weighted by Crippen LogP contribution is -2.40. The van der Waals surface area contributed by atoms with Crippen molar-refractivity contribution in [2.75, 3.05) is 25.1 Å². The van der Waals surface area contributed by atoms with Crippen LogP contribution < -0.4 is 15.0 Å². The fourth-order valence-electron chi connectivity index (χ4n) is 2.09. The average Bonchev–Trinajstić information content (AvgIpc) is 2.46. The van der Waals surface area contributed by atoms with Crippen molar-refractivity contribution in [2.24, 2.45) is 5.92 Å². The lowest BCUT2D eigenvalue weighted by molar-refractivity contribution is -0.123. The van der Waals surface area contributed by atoms with E-state index in [1.165, 1.54) is 18.9 Å². The first-order valence-electron chi connectivity index (χ1n) is 7.65. The average molecular weight is 341 g/mol. The molecule has 23 heavy (non-hydrogen) atoms.